The zero-order chi connectivity index (χ0) is 17.0. The molecule has 0 aliphatic carbocycles. The van der Waals surface area contributed by atoms with Crippen LogP contribution in [0.2, 0.25) is 10.0 Å². The molecule has 0 saturated carbocycles. The summed E-state index contributed by atoms with van der Waals surface area (Å²) < 4.78 is 38.5. The molecule has 0 atom stereocenters. The first kappa shape index (κ1) is 17.4. The van der Waals surface area contributed by atoms with Crippen LogP contribution in [0.4, 0.5) is 24.5 Å². The van der Waals surface area contributed by atoms with Crippen molar-refractivity contribution in [3.05, 3.63) is 58.1 Å². The summed E-state index contributed by atoms with van der Waals surface area (Å²) in [5.41, 5.74) is -0.748. The van der Waals surface area contributed by atoms with Crippen LogP contribution in [0.5, 0.6) is 0 Å². The second-order valence-electron chi connectivity index (χ2n) is 4.57. The Morgan fingerprint density at radius 1 is 1.04 bits per heavy atom. The topological polar surface area (TPSA) is 41.1 Å². The number of amides is 1. The molecular weight excluding hydrogens is 352 g/mol. The summed E-state index contributed by atoms with van der Waals surface area (Å²) in [6, 6.07) is 9.39. The van der Waals surface area contributed by atoms with Gasteiger partial charge in [-0.2, -0.15) is 13.2 Å². The van der Waals surface area contributed by atoms with E-state index < -0.39 is 17.6 Å². The number of nitrogens with one attached hydrogen (secondary N) is 2. The van der Waals surface area contributed by atoms with Gasteiger partial charge in [0.25, 0.3) is 0 Å². The monoisotopic (exact) mass is 362 g/mol. The average molecular weight is 363 g/mol. The molecule has 2 aromatic rings. The molecular formula is C15H11Cl2F3N2O. The Bertz CT molecular complexity index is 720. The SMILES string of the molecule is O=C(CNc1ccc(Cl)cc1Cl)Nc1ccccc1C(F)(F)F. The summed E-state index contributed by atoms with van der Waals surface area (Å²) in [6.45, 7) is -0.243. The molecule has 2 N–H and O–H groups in total. The third kappa shape index (κ3) is 4.77. The molecule has 0 bridgehead atoms. The molecule has 2 aromatic carbocycles. The Kier molecular flexibility index (Phi) is 5.38. The van der Waals surface area contributed by atoms with E-state index in [1.807, 2.05) is 0 Å². The number of carbonyl (C=O) groups excluding carboxylic acids is 1. The van der Waals surface area contributed by atoms with Crippen molar-refractivity contribution in [1.82, 2.24) is 0 Å². The van der Waals surface area contributed by atoms with Crippen LogP contribution < -0.4 is 10.6 Å². The summed E-state index contributed by atoms with van der Waals surface area (Å²) in [6.07, 6.45) is -4.54. The van der Waals surface area contributed by atoms with Gasteiger partial charge in [0.15, 0.2) is 0 Å². The van der Waals surface area contributed by atoms with Crippen LogP contribution in [0.15, 0.2) is 42.5 Å². The fourth-order valence-electron chi connectivity index (χ4n) is 1.84. The van der Waals surface area contributed by atoms with Crippen molar-refractivity contribution >= 4 is 40.5 Å². The molecule has 0 aromatic heterocycles. The molecule has 3 nitrogen and oxygen atoms in total. The lowest BCUT2D eigenvalue weighted by molar-refractivity contribution is -0.137. The van der Waals surface area contributed by atoms with Crippen molar-refractivity contribution in [2.45, 2.75) is 6.18 Å². The van der Waals surface area contributed by atoms with E-state index in [9.17, 15) is 18.0 Å². The van der Waals surface area contributed by atoms with E-state index in [4.69, 9.17) is 23.2 Å². The van der Waals surface area contributed by atoms with Gasteiger partial charge in [0.05, 0.1) is 28.5 Å². The van der Waals surface area contributed by atoms with Crippen LogP contribution in [0.25, 0.3) is 0 Å². The van der Waals surface area contributed by atoms with Crippen LogP contribution in [-0.4, -0.2) is 12.5 Å². The molecule has 1 amide bonds. The fraction of sp³-hybridized carbons (Fsp3) is 0.133. The highest BCUT2D eigenvalue weighted by molar-refractivity contribution is 6.36. The van der Waals surface area contributed by atoms with E-state index in [1.165, 1.54) is 24.3 Å². The number of halogens is 5. The molecule has 23 heavy (non-hydrogen) atoms. The quantitative estimate of drug-likeness (QED) is 0.797. The second-order valence-corrected chi connectivity index (χ2v) is 5.41. The van der Waals surface area contributed by atoms with E-state index in [0.29, 0.717) is 15.7 Å². The minimum atomic E-state index is -4.54. The maximum Gasteiger partial charge on any atom is 0.418 e. The lowest BCUT2D eigenvalue weighted by Gasteiger charge is -2.14. The molecule has 122 valence electrons. The van der Waals surface area contributed by atoms with E-state index in [-0.39, 0.29) is 12.2 Å². The predicted octanol–water partition coefficient (Wildman–Crippen LogP) is 5.06. The predicted molar refractivity (Wildman–Crippen MR) is 85.0 cm³/mol. The summed E-state index contributed by atoms with van der Waals surface area (Å²) in [5, 5.41) is 5.70. The van der Waals surface area contributed by atoms with Gasteiger partial charge < -0.3 is 10.6 Å². The molecule has 2 rings (SSSR count). The highest BCUT2D eigenvalue weighted by atomic mass is 35.5. The van der Waals surface area contributed by atoms with Gasteiger partial charge in [-0.25, -0.2) is 0 Å². The zero-order valence-electron chi connectivity index (χ0n) is 11.5. The maximum absolute atomic E-state index is 12.8. The van der Waals surface area contributed by atoms with Crippen molar-refractivity contribution in [3.63, 3.8) is 0 Å². The van der Waals surface area contributed by atoms with E-state index in [1.54, 1.807) is 12.1 Å². The molecule has 0 saturated heterocycles. The van der Waals surface area contributed by atoms with Gasteiger partial charge in [-0.05, 0) is 30.3 Å². The van der Waals surface area contributed by atoms with Gasteiger partial charge in [-0.3, -0.25) is 4.79 Å². The lowest BCUT2D eigenvalue weighted by Crippen LogP contribution is -2.23. The first-order chi connectivity index (χ1) is 10.8. The first-order valence-electron chi connectivity index (χ1n) is 6.42. The van der Waals surface area contributed by atoms with Crippen molar-refractivity contribution in [2.75, 3.05) is 17.2 Å². The molecule has 8 heteroatoms. The molecule has 0 aliphatic heterocycles. The van der Waals surface area contributed by atoms with E-state index >= 15 is 0 Å². The number of hydrogen-bond acceptors (Lipinski definition) is 2. The minimum absolute atomic E-state index is 0.243. The number of para-hydroxylation sites is 1. The van der Waals surface area contributed by atoms with Crippen LogP contribution in [-0.2, 0) is 11.0 Å². The van der Waals surface area contributed by atoms with Crippen LogP contribution in [0, 0.1) is 0 Å². The third-order valence-corrected chi connectivity index (χ3v) is 3.42. The highest BCUT2D eigenvalue weighted by Crippen LogP contribution is 2.34. The van der Waals surface area contributed by atoms with E-state index in [2.05, 4.69) is 10.6 Å². The van der Waals surface area contributed by atoms with Crippen LogP contribution in [0.3, 0.4) is 0 Å². The molecule has 0 spiro atoms. The number of alkyl halides is 3. The molecule has 0 unspecified atom stereocenters. The molecule has 0 heterocycles. The van der Waals surface area contributed by atoms with Crippen molar-refractivity contribution < 1.29 is 18.0 Å². The summed E-state index contributed by atoms with van der Waals surface area (Å²) in [5.74, 6) is -0.632. The summed E-state index contributed by atoms with van der Waals surface area (Å²) in [7, 11) is 0. The Labute approximate surface area is 140 Å². The number of anilines is 2. The van der Waals surface area contributed by atoms with Crippen molar-refractivity contribution in [1.29, 1.82) is 0 Å². The Morgan fingerprint density at radius 3 is 2.39 bits per heavy atom. The minimum Gasteiger partial charge on any atom is -0.375 e. The zero-order valence-corrected chi connectivity index (χ0v) is 13.1. The van der Waals surface area contributed by atoms with Crippen LogP contribution >= 0.6 is 23.2 Å². The Hall–Kier alpha value is -1.92. The first-order valence-corrected chi connectivity index (χ1v) is 7.18. The van der Waals surface area contributed by atoms with Gasteiger partial charge in [-0.1, -0.05) is 35.3 Å². The standard InChI is InChI=1S/C15H11Cl2F3N2O/c16-9-5-6-13(11(17)7-9)21-8-14(23)22-12-4-2-1-3-10(12)15(18,19)20/h1-7,21H,8H2,(H,22,23). The normalized spacial score (nSPS) is 11.2. The third-order valence-electron chi connectivity index (χ3n) is 2.88. The summed E-state index contributed by atoms with van der Waals surface area (Å²) >= 11 is 11.7. The number of rotatable bonds is 4. The Balaban J connectivity index is 2.03. The number of hydrogen-bond donors (Lipinski definition) is 2. The summed E-state index contributed by atoms with van der Waals surface area (Å²) in [4.78, 5) is 11.8. The van der Waals surface area contributed by atoms with Gasteiger partial charge in [0.2, 0.25) is 5.91 Å². The van der Waals surface area contributed by atoms with Gasteiger partial charge in [0, 0.05) is 5.02 Å². The maximum atomic E-state index is 12.8. The van der Waals surface area contributed by atoms with Gasteiger partial charge in [-0.15, -0.1) is 0 Å². The second kappa shape index (κ2) is 7.10. The lowest BCUT2D eigenvalue weighted by atomic mass is 10.1. The molecule has 0 radical (unpaired) electrons. The average Bonchev–Trinajstić information content (AvgIpc) is 2.46. The van der Waals surface area contributed by atoms with Gasteiger partial charge in [0.1, 0.15) is 0 Å². The smallest absolute Gasteiger partial charge is 0.375 e. The van der Waals surface area contributed by atoms with Crippen LogP contribution in [0.1, 0.15) is 5.56 Å². The highest BCUT2D eigenvalue weighted by Gasteiger charge is 2.33. The molecule has 0 fully saturated rings. The van der Waals surface area contributed by atoms with Crippen molar-refractivity contribution in [3.8, 4) is 0 Å². The Morgan fingerprint density at radius 2 is 1.74 bits per heavy atom. The largest absolute Gasteiger partial charge is 0.418 e. The molecule has 0 aliphatic rings. The van der Waals surface area contributed by atoms with E-state index in [0.717, 1.165) is 6.07 Å². The van der Waals surface area contributed by atoms with Crippen molar-refractivity contribution in [2.24, 2.45) is 0 Å². The fourth-order valence-corrected chi connectivity index (χ4v) is 2.32. The van der Waals surface area contributed by atoms with Gasteiger partial charge >= 0.3 is 6.18 Å². The number of benzene rings is 2. The number of carbonyl (C=O) groups is 1.